The lowest BCUT2D eigenvalue weighted by Gasteiger charge is -2.13. The highest BCUT2D eigenvalue weighted by Crippen LogP contribution is 2.13. The third-order valence-corrected chi connectivity index (χ3v) is 2.76. The third kappa shape index (κ3) is 7.13. The molecular weight excluding hydrogens is 244 g/mol. The summed E-state index contributed by atoms with van der Waals surface area (Å²) in [4.78, 5) is 10.8. The van der Waals surface area contributed by atoms with Crippen LogP contribution >= 0.6 is 15.9 Å². The predicted molar refractivity (Wildman–Crippen MR) is 62.6 cm³/mol. The van der Waals surface area contributed by atoms with E-state index in [4.69, 9.17) is 4.74 Å². The van der Waals surface area contributed by atoms with Crippen LogP contribution < -0.4 is 0 Å². The van der Waals surface area contributed by atoms with E-state index in [0.717, 1.165) is 18.2 Å². The number of rotatable bonds is 8. The summed E-state index contributed by atoms with van der Waals surface area (Å²) in [7, 11) is 0. The number of ether oxygens (including phenoxy) is 1. The molecular formula is C11H19BrO2. The molecule has 0 saturated carbocycles. The van der Waals surface area contributed by atoms with E-state index in [-0.39, 0.29) is 5.97 Å². The van der Waals surface area contributed by atoms with E-state index >= 15 is 0 Å². The van der Waals surface area contributed by atoms with Gasteiger partial charge >= 0.3 is 5.97 Å². The number of carbonyl (C=O) groups excluding carboxylic acids is 1. The summed E-state index contributed by atoms with van der Waals surface area (Å²) < 4.78 is 5.01. The minimum Gasteiger partial charge on any atom is -0.462 e. The lowest BCUT2D eigenvalue weighted by Crippen LogP contribution is -2.12. The molecule has 0 fully saturated rings. The number of halogens is 1. The lowest BCUT2D eigenvalue weighted by molar-refractivity contribution is -0.139. The molecule has 0 spiro atoms. The molecule has 3 heteroatoms. The zero-order valence-corrected chi connectivity index (χ0v) is 10.4. The molecule has 1 unspecified atom stereocenters. The number of hydrogen-bond acceptors (Lipinski definition) is 2. The highest BCUT2D eigenvalue weighted by atomic mass is 79.9. The summed E-state index contributed by atoms with van der Waals surface area (Å²) in [6.45, 7) is 6.02. The fourth-order valence-electron chi connectivity index (χ4n) is 1.19. The van der Waals surface area contributed by atoms with E-state index in [0.29, 0.717) is 12.5 Å². The number of alkyl halides is 1. The molecule has 14 heavy (non-hydrogen) atoms. The van der Waals surface area contributed by atoms with Crippen molar-refractivity contribution >= 4 is 21.9 Å². The average Bonchev–Trinajstić information content (AvgIpc) is 2.22. The van der Waals surface area contributed by atoms with Gasteiger partial charge in [0.2, 0.25) is 0 Å². The number of esters is 1. The largest absolute Gasteiger partial charge is 0.462 e. The first-order chi connectivity index (χ1) is 6.74. The van der Waals surface area contributed by atoms with Gasteiger partial charge in [0, 0.05) is 11.4 Å². The topological polar surface area (TPSA) is 26.3 Å². The average molecular weight is 263 g/mol. The quantitative estimate of drug-likeness (QED) is 0.290. The minimum absolute atomic E-state index is 0.316. The van der Waals surface area contributed by atoms with Gasteiger partial charge in [-0.15, -0.1) is 0 Å². The van der Waals surface area contributed by atoms with Gasteiger partial charge in [0.15, 0.2) is 0 Å². The van der Waals surface area contributed by atoms with Crippen molar-refractivity contribution in [1.29, 1.82) is 0 Å². The van der Waals surface area contributed by atoms with Crippen LogP contribution in [0.2, 0.25) is 0 Å². The fourth-order valence-corrected chi connectivity index (χ4v) is 1.59. The van der Waals surface area contributed by atoms with Crippen LogP contribution in [0.1, 0.15) is 32.6 Å². The van der Waals surface area contributed by atoms with Gasteiger partial charge in [-0.1, -0.05) is 42.3 Å². The summed E-state index contributed by atoms with van der Waals surface area (Å²) in [5.41, 5.74) is 0. The molecule has 0 aromatic heterocycles. The van der Waals surface area contributed by atoms with Gasteiger partial charge in [0.1, 0.15) is 0 Å². The fraction of sp³-hybridized carbons (Fsp3) is 0.727. The summed E-state index contributed by atoms with van der Waals surface area (Å²) in [5.74, 6) is 0.182. The Kier molecular flexibility index (Phi) is 9.05. The van der Waals surface area contributed by atoms with Gasteiger partial charge in [-0.25, -0.2) is 4.79 Å². The molecule has 0 radical (unpaired) electrons. The predicted octanol–water partition coefficient (Wildman–Crippen LogP) is 3.31. The van der Waals surface area contributed by atoms with E-state index in [1.807, 2.05) is 0 Å². The molecule has 0 aliphatic heterocycles. The molecule has 0 amide bonds. The zero-order valence-electron chi connectivity index (χ0n) is 8.80. The lowest BCUT2D eigenvalue weighted by atomic mass is 10.0. The summed E-state index contributed by atoms with van der Waals surface area (Å²) in [6.07, 6.45) is 5.78. The van der Waals surface area contributed by atoms with E-state index in [1.54, 1.807) is 0 Å². The smallest absolute Gasteiger partial charge is 0.330 e. The maximum atomic E-state index is 10.8. The van der Waals surface area contributed by atoms with E-state index in [1.165, 1.54) is 18.9 Å². The van der Waals surface area contributed by atoms with Crippen molar-refractivity contribution in [1.82, 2.24) is 0 Å². The molecule has 82 valence electrons. The monoisotopic (exact) mass is 262 g/mol. The van der Waals surface area contributed by atoms with Gasteiger partial charge in [0.05, 0.1) is 6.61 Å². The molecule has 0 aromatic carbocycles. The summed E-state index contributed by atoms with van der Waals surface area (Å²) >= 11 is 3.40. The molecule has 0 aromatic rings. The van der Waals surface area contributed by atoms with E-state index < -0.39 is 0 Å². The second-order valence-corrected chi connectivity index (χ2v) is 4.09. The normalized spacial score (nSPS) is 12.1. The number of carbonyl (C=O) groups is 1. The Balaban J connectivity index is 3.57. The maximum absolute atomic E-state index is 10.8. The molecule has 1 atom stereocenters. The van der Waals surface area contributed by atoms with Crippen LogP contribution in [-0.4, -0.2) is 17.9 Å². The Morgan fingerprint density at radius 3 is 2.79 bits per heavy atom. The van der Waals surface area contributed by atoms with Crippen LogP contribution in [0, 0.1) is 5.92 Å². The van der Waals surface area contributed by atoms with E-state index in [2.05, 4.69) is 29.4 Å². The zero-order chi connectivity index (χ0) is 10.8. The van der Waals surface area contributed by atoms with Crippen LogP contribution in [0.25, 0.3) is 0 Å². The molecule has 0 rings (SSSR count). The van der Waals surface area contributed by atoms with Crippen molar-refractivity contribution in [2.75, 3.05) is 11.9 Å². The highest BCUT2D eigenvalue weighted by Gasteiger charge is 2.07. The highest BCUT2D eigenvalue weighted by molar-refractivity contribution is 9.09. The van der Waals surface area contributed by atoms with Gasteiger partial charge in [-0.05, 0) is 18.8 Å². The van der Waals surface area contributed by atoms with Crippen LogP contribution in [0.4, 0.5) is 0 Å². The Bertz CT molecular complexity index is 169. The van der Waals surface area contributed by atoms with Crippen LogP contribution in [0.15, 0.2) is 12.7 Å². The third-order valence-electron chi connectivity index (χ3n) is 2.20. The molecule has 0 bridgehead atoms. The SMILES string of the molecule is C=CC(=O)OCC(CC)CCCCBr. The first-order valence-electron chi connectivity index (χ1n) is 5.09. The maximum Gasteiger partial charge on any atom is 0.330 e. The van der Waals surface area contributed by atoms with Crippen molar-refractivity contribution in [2.24, 2.45) is 5.92 Å². The summed E-state index contributed by atoms with van der Waals surface area (Å²) in [6, 6.07) is 0. The first-order valence-corrected chi connectivity index (χ1v) is 6.21. The second-order valence-electron chi connectivity index (χ2n) is 3.29. The van der Waals surface area contributed by atoms with Crippen molar-refractivity contribution in [2.45, 2.75) is 32.6 Å². The van der Waals surface area contributed by atoms with Crippen molar-refractivity contribution in [3.8, 4) is 0 Å². The Morgan fingerprint density at radius 2 is 2.29 bits per heavy atom. The summed E-state index contributed by atoms with van der Waals surface area (Å²) in [5, 5.41) is 1.05. The van der Waals surface area contributed by atoms with Crippen LogP contribution in [0.3, 0.4) is 0 Å². The molecule has 0 saturated heterocycles. The second kappa shape index (κ2) is 9.25. The Hall–Kier alpha value is -0.310. The van der Waals surface area contributed by atoms with Crippen molar-refractivity contribution < 1.29 is 9.53 Å². The molecule has 0 aliphatic carbocycles. The van der Waals surface area contributed by atoms with Crippen molar-refractivity contribution in [3.63, 3.8) is 0 Å². The number of unbranched alkanes of at least 4 members (excludes halogenated alkanes) is 1. The Morgan fingerprint density at radius 1 is 1.57 bits per heavy atom. The van der Waals surface area contributed by atoms with Crippen LogP contribution in [0.5, 0.6) is 0 Å². The van der Waals surface area contributed by atoms with Gasteiger partial charge in [-0.2, -0.15) is 0 Å². The van der Waals surface area contributed by atoms with Crippen LogP contribution in [-0.2, 0) is 9.53 Å². The molecule has 2 nitrogen and oxygen atoms in total. The van der Waals surface area contributed by atoms with Gasteiger partial charge < -0.3 is 4.74 Å². The Labute approximate surface area is 94.8 Å². The van der Waals surface area contributed by atoms with E-state index in [9.17, 15) is 4.79 Å². The molecule has 0 aliphatic rings. The van der Waals surface area contributed by atoms with Gasteiger partial charge in [0.25, 0.3) is 0 Å². The van der Waals surface area contributed by atoms with Crippen molar-refractivity contribution in [3.05, 3.63) is 12.7 Å². The first kappa shape index (κ1) is 13.7. The van der Waals surface area contributed by atoms with Gasteiger partial charge in [-0.3, -0.25) is 0 Å². The standard InChI is InChI=1S/C11H19BrO2/c1-3-10(7-5-6-8-12)9-14-11(13)4-2/h4,10H,2-3,5-9H2,1H3. The molecule has 0 heterocycles. The minimum atomic E-state index is -0.316. The number of hydrogen-bond donors (Lipinski definition) is 0. The molecule has 0 N–H and O–H groups in total.